The molecule has 2 N–H and O–H groups in total. The molecule has 3 rings (SSSR count). The number of nitrogens with zero attached hydrogens (tertiary/aromatic N) is 1. The van der Waals surface area contributed by atoms with Crippen molar-refractivity contribution in [3.05, 3.63) is 76.7 Å². The van der Waals surface area contributed by atoms with Gasteiger partial charge in [-0.05, 0) is 42.2 Å². The highest BCUT2D eigenvalue weighted by Crippen LogP contribution is 2.29. The number of hydrogen-bond donors (Lipinski definition) is 2. The number of hydrogen-bond acceptors (Lipinski definition) is 5. The second kappa shape index (κ2) is 11.8. The molecule has 1 heterocycles. The minimum Gasteiger partial charge on any atom is -0.496 e. The van der Waals surface area contributed by atoms with Gasteiger partial charge in [-0.15, -0.1) is 0 Å². The summed E-state index contributed by atoms with van der Waals surface area (Å²) < 4.78 is 68.9. The van der Waals surface area contributed by atoms with E-state index in [1.165, 1.54) is 19.2 Å². The number of rotatable bonds is 10. The van der Waals surface area contributed by atoms with Crippen LogP contribution < -0.4 is 14.8 Å². The Morgan fingerprint density at radius 2 is 1.89 bits per heavy atom. The minimum atomic E-state index is -4.42. The average molecular weight is 540 g/mol. The minimum absolute atomic E-state index is 0.0202. The summed E-state index contributed by atoms with van der Waals surface area (Å²) in [6.07, 6.45) is -3.82. The summed E-state index contributed by atoms with van der Waals surface area (Å²) >= 11 is 0. The van der Waals surface area contributed by atoms with Gasteiger partial charge in [-0.3, -0.25) is 9.59 Å². The Bertz CT molecular complexity index is 1250. The van der Waals surface area contributed by atoms with Gasteiger partial charge in [-0.2, -0.15) is 13.2 Å². The van der Waals surface area contributed by atoms with Crippen molar-refractivity contribution in [1.82, 2.24) is 14.9 Å². The molecule has 2 aromatic rings. The van der Waals surface area contributed by atoms with Gasteiger partial charge in [0.05, 0.1) is 19.1 Å². The summed E-state index contributed by atoms with van der Waals surface area (Å²) in [6, 6.07) is 9.30. The molecule has 1 fully saturated rings. The molecular weight excluding hydrogens is 511 g/mol. The van der Waals surface area contributed by atoms with Crippen molar-refractivity contribution >= 4 is 21.8 Å². The van der Waals surface area contributed by atoms with Crippen LogP contribution in [0.25, 0.3) is 0 Å². The van der Waals surface area contributed by atoms with Crippen molar-refractivity contribution < 1.29 is 35.9 Å². The summed E-state index contributed by atoms with van der Waals surface area (Å²) in [5, 5.41) is 3.51. The van der Waals surface area contributed by atoms with E-state index in [0.29, 0.717) is 42.0 Å². The molecule has 2 amide bonds. The summed E-state index contributed by atoms with van der Waals surface area (Å²) in [6.45, 7) is 4.40. The molecular formula is C25H28F3N3O5S. The van der Waals surface area contributed by atoms with Gasteiger partial charge in [-0.1, -0.05) is 24.8 Å². The van der Waals surface area contributed by atoms with Crippen molar-refractivity contribution in [2.24, 2.45) is 5.92 Å². The van der Waals surface area contributed by atoms with Crippen molar-refractivity contribution in [2.45, 2.75) is 25.6 Å². The van der Waals surface area contributed by atoms with E-state index < -0.39 is 21.8 Å². The zero-order valence-corrected chi connectivity index (χ0v) is 21.0. The maximum Gasteiger partial charge on any atom is 0.416 e. The third kappa shape index (κ3) is 7.80. The highest BCUT2D eigenvalue weighted by atomic mass is 32.2. The van der Waals surface area contributed by atoms with Gasteiger partial charge in [0.2, 0.25) is 15.9 Å². The van der Waals surface area contributed by atoms with Crippen LogP contribution in [0, 0.1) is 5.92 Å². The van der Waals surface area contributed by atoms with E-state index in [2.05, 4.69) is 16.6 Å². The van der Waals surface area contributed by atoms with Crippen LogP contribution >= 0.6 is 0 Å². The van der Waals surface area contributed by atoms with E-state index >= 15 is 0 Å². The molecule has 12 heteroatoms. The number of benzene rings is 2. The fraction of sp³-hybridized carbons (Fsp3) is 0.360. The van der Waals surface area contributed by atoms with E-state index in [1.807, 2.05) is 0 Å². The van der Waals surface area contributed by atoms with Crippen molar-refractivity contribution in [2.75, 3.05) is 26.7 Å². The van der Waals surface area contributed by atoms with Gasteiger partial charge in [0.1, 0.15) is 5.75 Å². The van der Waals surface area contributed by atoms with Crippen LogP contribution in [0.4, 0.5) is 13.2 Å². The third-order valence-electron chi connectivity index (χ3n) is 6.02. The molecule has 0 aromatic heterocycles. The van der Waals surface area contributed by atoms with E-state index in [1.54, 1.807) is 23.1 Å². The Morgan fingerprint density at radius 3 is 2.51 bits per heavy atom. The van der Waals surface area contributed by atoms with E-state index in [0.717, 1.165) is 17.5 Å². The van der Waals surface area contributed by atoms with Crippen LogP contribution in [0.3, 0.4) is 0 Å². The Kier molecular flexibility index (Phi) is 8.98. The molecule has 0 bridgehead atoms. The van der Waals surface area contributed by atoms with Crippen LogP contribution in [0.2, 0.25) is 0 Å². The summed E-state index contributed by atoms with van der Waals surface area (Å²) in [5.41, 5.74) is 0.680. The molecule has 1 aliphatic rings. The van der Waals surface area contributed by atoms with Crippen molar-refractivity contribution in [1.29, 1.82) is 0 Å². The monoisotopic (exact) mass is 539 g/mol. The molecule has 0 saturated carbocycles. The lowest BCUT2D eigenvalue weighted by Gasteiger charge is -2.18. The predicted molar refractivity (Wildman–Crippen MR) is 131 cm³/mol. The number of methoxy groups -OCH3 is 1. The van der Waals surface area contributed by atoms with Crippen LogP contribution in [0.15, 0.2) is 54.5 Å². The number of carbonyl (C=O) groups excluding carboxylic acids is 2. The average Bonchev–Trinajstić information content (AvgIpc) is 3.35. The van der Waals surface area contributed by atoms with Gasteiger partial charge in [0, 0.05) is 42.7 Å². The zero-order valence-electron chi connectivity index (χ0n) is 20.2. The fourth-order valence-corrected chi connectivity index (χ4v) is 4.52. The molecule has 37 heavy (non-hydrogen) atoms. The van der Waals surface area contributed by atoms with Crippen molar-refractivity contribution in [3.63, 3.8) is 0 Å². The predicted octanol–water partition coefficient (Wildman–Crippen LogP) is 3.10. The molecule has 1 aliphatic heterocycles. The maximum atomic E-state index is 13.0. The highest BCUT2D eigenvalue weighted by Gasteiger charge is 2.30. The number of carbonyl (C=O) groups is 2. The smallest absolute Gasteiger partial charge is 0.416 e. The second-order valence-electron chi connectivity index (χ2n) is 8.64. The second-order valence-corrected chi connectivity index (χ2v) is 10.4. The number of sulfonamides is 1. The van der Waals surface area contributed by atoms with Gasteiger partial charge in [-0.25, -0.2) is 13.1 Å². The topological polar surface area (TPSA) is 105 Å². The number of halogens is 3. The number of ether oxygens (including phenoxy) is 1. The Labute approximate surface area is 213 Å². The largest absolute Gasteiger partial charge is 0.496 e. The highest BCUT2D eigenvalue weighted by molar-refractivity contribution is 7.92. The SMILES string of the molecule is C=CS(=O)(=O)NC[C@H]1CCN(C(=O)c2ccc(CC(=O)NCc3ccc(C(F)(F)F)cc3)c(OC)c2)C1. The normalized spacial score (nSPS) is 15.9. The van der Waals surface area contributed by atoms with Gasteiger partial charge in [0.25, 0.3) is 5.91 Å². The first-order chi connectivity index (χ1) is 17.4. The van der Waals surface area contributed by atoms with Crippen LogP contribution in [-0.2, 0) is 34.0 Å². The Hall–Kier alpha value is -3.38. The number of amides is 2. The van der Waals surface area contributed by atoms with Gasteiger partial charge >= 0.3 is 6.18 Å². The van der Waals surface area contributed by atoms with Crippen LogP contribution in [0.1, 0.15) is 33.5 Å². The Morgan fingerprint density at radius 1 is 1.19 bits per heavy atom. The van der Waals surface area contributed by atoms with Crippen molar-refractivity contribution in [3.8, 4) is 5.75 Å². The molecule has 2 aromatic carbocycles. The van der Waals surface area contributed by atoms with E-state index in [-0.39, 0.29) is 37.2 Å². The zero-order chi connectivity index (χ0) is 27.2. The maximum absolute atomic E-state index is 13.0. The summed E-state index contributed by atoms with van der Waals surface area (Å²) in [4.78, 5) is 27.0. The summed E-state index contributed by atoms with van der Waals surface area (Å²) in [7, 11) is -2.11. The quantitative estimate of drug-likeness (QED) is 0.483. The lowest BCUT2D eigenvalue weighted by atomic mass is 10.1. The molecule has 1 atom stereocenters. The van der Waals surface area contributed by atoms with E-state index in [4.69, 9.17) is 4.74 Å². The first kappa shape index (κ1) is 28.2. The first-order valence-corrected chi connectivity index (χ1v) is 13.0. The Balaban J connectivity index is 1.56. The molecule has 0 radical (unpaired) electrons. The standard InChI is InChI=1S/C25H28F3N3O5S/c1-3-37(34,35)30-15-18-10-11-31(16-18)24(33)20-7-6-19(22(12-20)36-2)13-23(32)29-14-17-4-8-21(9-5-17)25(26,27)28/h3-9,12,18,30H,1,10-11,13-16H2,2H3,(H,29,32)/t18-/m1/s1. The van der Waals surface area contributed by atoms with Gasteiger partial charge in [0.15, 0.2) is 0 Å². The van der Waals surface area contributed by atoms with Crippen LogP contribution in [0.5, 0.6) is 5.75 Å². The molecule has 0 unspecified atom stereocenters. The summed E-state index contributed by atoms with van der Waals surface area (Å²) in [5.74, 6) is -0.259. The van der Waals surface area contributed by atoms with Gasteiger partial charge < -0.3 is 15.0 Å². The molecule has 8 nitrogen and oxygen atoms in total. The molecule has 0 spiro atoms. The van der Waals surface area contributed by atoms with Crippen LogP contribution in [-0.4, -0.2) is 51.9 Å². The number of likely N-dealkylation sites (tertiary alicyclic amines) is 1. The molecule has 200 valence electrons. The molecule has 1 saturated heterocycles. The lowest BCUT2D eigenvalue weighted by Crippen LogP contribution is -2.32. The third-order valence-corrected chi connectivity index (χ3v) is 7.03. The number of alkyl halides is 3. The fourth-order valence-electron chi connectivity index (χ4n) is 3.93. The lowest BCUT2D eigenvalue weighted by molar-refractivity contribution is -0.137. The molecule has 0 aliphatic carbocycles. The van der Waals surface area contributed by atoms with E-state index in [9.17, 15) is 31.2 Å². The first-order valence-electron chi connectivity index (χ1n) is 11.4. The number of nitrogens with one attached hydrogen (secondary N) is 2.